The first-order valence-electron chi connectivity index (χ1n) is 10.7. The number of hydrogen-bond donors (Lipinski definition) is 7. The first-order chi connectivity index (χ1) is 16.2. The zero-order valence-corrected chi connectivity index (χ0v) is 19.9. The van der Waals surface area contributed by atoms with Gasteiger partial charge in [0.15, 0.2) is 0 Å². The fraction of sp³-hybridized carbons (Fsp3) is 0.455. The SMILES string of the molecule is CSCCC(N)C(=O)NC(C)C(=O)NC(CO)C(=O)NC(Cc1c[nH]c2ccccc12)C(=O)O. The molecule has 1 aromatic carbocycles. The maximum atomic E-state index is 12.6. The van der Waals surface area contributed by atoms with E-state index in [0.29, 0.717) is 17.7 Å². The molecule has 11 nitrogen and oxygen atoms in total. The van der Waals surface area contributed by atoms with Gasteiger partial charge in [0.1, 0.15) is 18.1 Å². The Labute approximate surface area is 201 Å². The number of carboxylic acids is 1. The van der Waals surface area contributed by atoms with E-state index in [-0.39, 0.29) is 6.42 Å². The van der Waals surface area contributed by atoms with E-state index in [1.54, 1.807) is 18.0 Å². The molecule has 34 heavy (non-hydrogen) atoms. The average molecular weight is 494 g/mol. The summed E-state index contributed by atoms with van der Waals surface area (Å²) in [5.41, 5.74) is 7.31. The van der Waals surface area contributed by atoms with Crippen molar-refractivity contribution in [2.24, 2.45) is 5.73 Å². The number of aliphatic carboxylic acids is 1. The topological polar surface area (TPSA) is 187 Å². The molecule has 2 rings (SSSR count). The molecule has 4 atom stereocenters. The summed E-state index contributed by atoms with van der Waals surface area (Å²) in [6, 6.07) is 2.86. The second kappa shape index (κ2) is 13.0. The summed E-state index contributed by atoms with van der Waals surface area (Å²) >= 11 is 1.54. The number of aromatic nitrogens is 1. The Balaban J connectivity index is 1.97. The highest BCUT2D eigenvalue weighted by Crippen LogP contribution is 2.19. The number of fused-ring (bicyclic) bond motifs is 1. The van der Waals surface area contributed by atoms with Gasteiger partial charge in [0, 0.05) is 23.5 Å². The quantitative estimate of drug-likeness (QED) is 0.192. The number of thioether (sulfide) groups is 1. The summed E-state index contributed by atoms with van der Waals surface area (Å²) in [6.45, 7) is 0.656. The van der Waals surface area contributed by atoms with E-state index in [9.17, 15) is 29.4 Å². The van der Waals surface area contributed by atoms with Crippen molar-refractivity contribution in [1.82, 2.24) is 20.9 Å². The molecule has 2 aromatic rings. The van der Waals surface area contributed by atoms with Crippen molar-refractivity contribution < 1.29 is 29.4 Å². The maximum absolute atomic E-state index is 12.6. The van der Waals surface area contributed by atoms with E-state index in [4.69, 9.17) is 5.73 Å². The molecular formula is C22H31N5O6S. The number of H-pyrrole nitrogens is 1. The predicted molar refractivity (Wildman–Crippen MR) is 129 cm³/mol. The summed E-state index contributed by atoms with van der Waals surface area (Å²) < 4.78 is 0. The van der Waals surface area contributed by atoms with Crippen molar-refractivity contribution >= 4 is 46.4 Å². The van der Waals surface area contributed by atoms with Crippen molar-refractivity contribution in [1.29, 1.82) is 0 Å². The lowest BCUT2D eigenvalue weighted by Gasteiger charge is -2.22. The number of rotatable bonds is 13. The Morgan fingerprint density at radius 3 is 2.38 bits per heavy atom. The van der Waals surface area contributed by atoms with Crippen LogP contribution < -0.4 is 21.7 Å². The maximum Gasteiger partial charge on any atom is 0.326 e. The molecule has 1 heterocycles. The molecule has 0 spiro atoms. The highest BCUT2D eigenvalue weighted by atomic mass is 32.2. The number of benzene rings is 1. The van der Waals surface area contributed by atoms with Gasteiger partial charge in [-0.05, 0) is 37.0 Å². The fourth-order valence-corrected chi connectivity index (χ4v) is 3.74. The van der Waals surface area contributed by atoms with Crippen molar-refractivity contribution in [2.45, 2.75) is 43.9 Å². The van der Waals surface area contributed by atoms with E-state index in [2.05, 4.69) is 20.9 Å². The molecule has 0 saturated carbocycles. The summed E-state index contributed by atoms with van der Waals surface area (Å²) in [6.07, 6.45) is 4.00. The number of nitrogens with two attached hydrogens (primary N) is 1. The average Bonchev–Trinajstić information content (AvgIpc) is 3.22. The van der Waals surface area contributed by atoms with Crippen molar-refractivity contribution in [3.63, 3.8) is 0 Å². The van der Waals surface area contributed by atoms with Gasteiger partial charge in [-0.1, -0.05) is 18.2 Å². The zero-order valence-electron chi connectivity index (χ0n) is 19.0. The minimum absolute atomic E-state index is 0.00240. The van der Waals surface area contributed by atoms with Crippen LogP contribution in [-0.4, -0.2) is 81.7 Å². The second-order valence-corrected chi connectivity index (χ2v) is 8.81. The molecule has 4 unspecified atom stereocenters. The van der Waals surface area contributed by atoms with Gasteiger partial charge in [-0.3, -0.25) is 14.4 Å². The molecule has 0 fully saturated rings. The van der Waals surface area contributed by atoms with Gasteiger partial charge in [-0.15, -0.1) is 0 Å². The van der Waals surface area contributed by atoms with Gasteiger partial charge in [0.05, 0.1) is 12.6 Å². The summed E-state index contributed by atoms with van der Waals surface area (Å²) in [5.74, 6) is -2.67. The van der Waals surface area contributed by atoms with E-state index in [0.717, 1.165) is 10.9 Å². The third kappa shape index (κ3) is 7.47. The molecule has 186 valence electrons. The second-order valence-electron chi connectivity index (χ2n) is 7.83. The number of carbonyl (C=O) groups excluding carboxylic acids is 3. The Hall–Kier alpha value is -3.09. The molecule has 1 aromatic heterocycles. The van der Waals surface area contributed by atoms with Gasteiger partial charge >= 0.3 is 5.97 Å². The van der Waals surface area contributed by atoms with Crippen LogP contribution in [0.4, 0.5) is 0 Å². The summed E-state index contributed by atoms with van der Waals surface area (Å²) in [5, 5.41) is 27.2. The Bertz CT molecular complexity index is 1010. The number of amides is 3. The Kier molecular flexibility index (Phi) is 10.4. The number of aliphatic hydroxyl groups excluding tert-OH is 1. The number of para-hydroxylation sites is 1. The predicted octanol–water partition coefficient (Wildman–Crippen LogP) is -0.658. The lowest BCUT2D eigenvalue weighted by Crippen LogP contribution is -2.57. The van der Waals surface area contributed by atoms with Gasteiger partial charge in [0.2, 0.25) is 17.7 Å². The third-order valence-corrected chi connectivity index (χ3v) is 5.89. The first-order valence-corrected chi connectivity index (χ1v) is 12.1. The summed E-state index contributed by atoms with van der Waals surface area (Å²) in [7, 11) is 0. The van der Waals surface area contributed by atoms with E-state index >= 15 is 0 Å². The molecule has 0 saturated heterocycles. The molecule has 0 aliphatic heterocycles. The molecule has 0 aliphatic carbocycles. The minimum atomic E-state index is -1.40. The van der Waals surface area contributed by atoms with E-state index < -0.39 is 54.5 Å². The number of carbonyl (C=O) groups is 4. The molecule has 0 radical (unpaired) electrons. The largest absolute Gasteiger partial charge is 0.480 e. The number of carboxylic acid groups (broad SMARTS) is 1. The van der Waals surface area contributed by atoms with E-state index in [1.807, 2.05) is 30.5 Å². The minimum Gasteiger partial charge on any atom is -0.480 e. The molecule has 3 amide bonds. The summed E-state index contributed by atoms with van der Waals surface area (Å²) in [4.78, 5) is 52.0. The van der Waals surface area contributed by atoms with Gasteiger partial charge in [-0.25, -0.2) is 4.79 Å². The van der Waals surface area contributed by atoms with Crippen molar-refractivity contribution in [3.05, 3.63) is 36.0 Å². The van der Waals surface area contributed by atoms with Crippen LogP contribution >= 0.6 is 11.8 Å². The molecule has 8 N–H and O–H groups in total. The zero-order chi connectivity index (χ0) is 25.3. The molecular weight excluding hydrogens is 462 g/mol. The van der Waals surface area contributed by atoms with Crippen molar-refractivity contribution in [2.75, 3.05) is 18.6 Å². The monoisotopic (exact) mass is 493 g/mol. The molecule has 0 aliphatic rings. The lowest BCUT2D eigenvalue weighted by atomic mass is 10.0. The van der Waals surface area contributed by atoms with Crippen molar-refractivity contribution in [3.8, 4) is 0 Å². The van der Waals surface area contributed by atoms with Crippen LogP contribution in [0.3, 0.4) is 0 Å². The van der Waals surface area contributed by atoms with Crippen LogP contribution in [0.15, 0.2) is 30.5 Å². The highest BCUT2D eigenvalue weighted by Gasteiger charge is 2.29. The normalized spacial score (nSPS) is 14.6. The molecule has 0 bridgehead atoms. The van der Waals surface area contributed by atoms with Crippen LogP contribution in [0.1, 0.15) is 18.9 Å². The Morgan fingerprint density at radius 1 is 1.06 bits per heavy atom. The Morgan fingerprint density at radius 2 is 1.74 bits per heavy atom. The van der Waals surface area contributed by atoms with Crippen LogP contribution in [0, 0.1) is 0 Å². The van der Waals surface area contributed by atoms with Crippen LogP contribution in [0.5, 0.6) is 0 Å². The van der Waals surface area contributed by atoms with Gasteiger partial charge in [-0.2, -0.15) is 11.8 Å². The van der Waals surface area contributed by atoms with Crippen LogP contribution in [0.2, 0.25) is 0 Å². The number of aliphatic hydroxyl groups is 1. The smallest absolute Gasteiger partial charge is 0.326 e. The number of aromatic amines is 1. The fourth-order valence-electron chi connectivity index (χ4n) is 3.25. The van der Waals surface area contributed by atoms with Gasteiger partial charge in [0.25, 0.3) is 0 Å². The van der Waals surface area contributed by atoms with Crippen LogP contribution in [-0.2, 0) is 25.6 Å². The third-order valence-electron chi connectivity index (χ3n) is 5.25. The number of nitrogens with one attached hydrogen (secondary N) is 4. The highest BCUT2D eigenvalue weighted by molar-refractivity contribution is 7.98. The lowest BCUT2D eigenvalue weighted by molar-refractivity contribution is -0.142. The van der Waals surface area contributed by atoms with E-state index in [1.165, 1.54) is 6.92 Å². The van der Waals surface area contributed by atoms with Crippen LogP contribution in [0.25, 0.3) is 10.9 Å². The standard InChI is InChI=1S/C22H31N5O6S/c1-12(25-20(30)15(23)7-8-34-2)19(29)27-18(11-28)21(31)26-17(22(32)33)9-13-10-24-16-6-4-3-5-14(13)16/h3-6,10,12,15,17-18,24,28H,7-9,11,23H2,1-2H3,(H,25,30)(H,26,31)(H,27,29)(H,32,33). The number of hydrogen-bond acceptors (Lipinski definition) is 7. The van der Waals surface area contributed by atoms with Gasteiger partial charge < -0.3 is 36.9 Å². The first kappa shape index (κ1) is 27.2. The molecule has 12 heteroatoms.